The van der Waals surface area contributed by atoms with Crippen molar-refractivity contribution < 1.29 is 18.4 Å². The average molecular weight is 430 g/mol. The second kappa shape index (κ2) is 10.4. The Morgan fingerprint density at radius 2 is 1.46 bits per heavy atom. The van der Waals surface area contributed by atoms with Crippen LogP contribution in [0.4, 0.5) is 20.2 Å². The summed E-state index contributed by atoms with van der Waals surface area (Å²) in [5.74, 6) is -2.62. The number of nitrogens with one attached hydrogen (secondary N) is 2. The van der Waals surface area contributed by atoms with Crippen LogP contribution in [0.2, 0.25) is 10.0 Å². The Hall–Kier alpha value is -2.22. The van der Waals surface area contributed by atoms with E-state index in [2.05, 4.69) is 10.6 Å². The lowest BCUT2D eigenvalue weighted by molar-refractivity contribution is -0.119. The maximum atomic E-state index is 13.6. The molecule has 28 heavy (non-hydrogen) atoms. The van der Waals surface area contributed by atoms with Crippen LogP contribution in [-0.4, -0.2) is 36.3 Å². The highest BCUT2D eigenvalue weighted by Gasteiger charge is 2.16. The van der Waals surface area contributed by atoms with Gasteiger partial charge in [0.2, 0.25) is 11.8 Å². The number of carbonyl (C=O) groups is 2. The molecule has 0 radical (unpaired) electrons. The predicted molar refractivity (Wildman–Crippen MR) is 107 cm³/mol. The Morgan fingerprint density at radius 1 is 0.929 bits per heavy atom. The number of rotatable bonds is 8. The second-order valence-corrected chi connectivity index (χ2v) is 6.72. The molecular formula is C19H19Cl2F2N3O2. The molecule has 0 saturated heterocycles. The number of nitrogens with zero attached hydrogens (tertiary/aromatic N) is 1. The topological polar surface area (TPSA) is 61.4 Å². The van der Waals surface area contributed by atoms with Crippen LogP contribution < -0.4 is 10.6 Å². The zero-order valence-corrected chi connectivity index (χ0v) is 16.6. The zero-order valence-electron chi connectivity index (χ0n) is 15.1. The van der Waals surface area contributed by atoms with E-state index in [9.17, 15) is 18.4 Å². The Kier molecular flexibility index (Phi) is 8.17. The molecule has 0 heterocycles. The third-order valence-corrected chi connectivity index (χ3v) is 4.55. The molecule has 0 fully saturated rings. The molecule has 9 heteroatoms. The van der Waals surface area contributed by atoms with Crippen molar-refractivity contribution in [3.63, 3.8) is 0 Å². The number of anilines is 2. The summed E-state index contributed by atoms with van der Waals surface area (Å²) in [5.41, 5.74) is -0.165. The van der Waals surface area contributed by atoms with Crippen molar-refractivity contribution in [3.05, 3.63) is 58.1 Å². The molecule has 0 spiro atoms. The standard InChI is InChI=1S/C19H19Cl2F2N3O2/c1-2-26(11-17(28)25-19-14(22)7-4-8-15(19)23)10-9-16(27)24-18-12(20)5-3-6-13(18)21/h3-8H,2,9-11H2,1H3,(H,24,27)(H,25,28). The molecule has 2 rings (SSSR count). The van der Waals surface area contributed by atoms with Gasteiger partial charge in [0.1, 0.15) is 17.3 Å². The highest BCUT2D eigenvalue weighted by molar-refractivity contribution is 6.39. The molecular weight excluding hydrogens is 411 g/mol. The number of halogens is 4. The van der Waals surface area contributed by atoms with E-state index < -0.39 is 23.2 Å². The molecule has 0 aliphatic carbocycles. The van der Waals surface area contributed by atoms with Gasteiger partial charge in [0.15, 0.2) is 0 Å². The van der Waals surface area contributed by atoms with Crippen LogP contribution in [0, 0.1) is 11.6 Å². The molecule has 0 bridgehead atoms. The maximum absolute atomic E-state index is 13.6. The molecule has 0 aromatic heterocycles. The van der Waals surface area contributed by atoms with Crippen molar-refractivity contribution in [1.82, 2.24) is 4.90 Å². The zero-order chi connectivity index (χ0) is 20.7. The van der Waals surface area contributed by atoms with Crippen LogP contribution >= 0.6 is 23.2 Å². The minimum Gasteiger partial charge on any atom is -0.324 e. The lowest BCUT2D eigenvalue weighted by Crippen LogP contribution is -2.35. The monoisotopic (exact) mass is 429 g/mol. The Morgan fingerprint density at radius 3 is 2.04 bits per heavy atom. The minimum atomic E-state index is -0.854. The van der Waals surface area contributed by atoms with E-state index in [0.717, 1.165) is 12.1 Å². The summed E-state index contributed by atoms with van der Waals surface area (Å²) >= 11 is 12.0. The third-order valence-electron chi connectivity index (χ3n) is 3.92. The Labute approximate surface area is 171 Å². The van der Waals surface area contributed by atoms with Gasteiger partial charge in [-0.25, -0.2) is 8.78 Å². The van der Waals surface area contributed by atoms with Gasteiger partial charge < -0.3 is 10.6 Å². The molecule has 2 aromatic rings. The van der Waals surface area contributed by atoms with Crippen LogP contribution in [0.3, 0.4) is 0 Å². The molecule has 0 unspecified atom stereocenters. The summed E-state index contributed by atoms with van der Waals surface area (Å²) in [5, 5.41) is 5.49. The largest absolute Gasteiger partial charge is 0.324 e. The van der Waals surface area contributed by atoms with Crippen molar-refractivity contribution in [2.24, 2.45) is 0 Å². The molecule has 5 nitrogen and oxygen atoms in total. The predicted octanol–water partition coefficient (Wildman–Crippen LogP) is 4.56. The van der Waals surface area contributed by atoms with E-state index in [1.807, 2.05) is 0 Å². The lowest BCUT2D eigenvalue weighted by atomic mass is 10.2. The van der Waals surface area contributed by atoms with E-state index >= 15 is 0 Å². The van der Waals surface area contributed by atoms with E-state index in [1.165, 1.54) is 6.07 Å². The van der Waals surface area contributed by atoms with Crippen LogP contribution in [0.1, 0.15) is 13.3 Å². The number of hydrogen-bond acceptors (Lipinski definition) is 3. The second-order valence-electron chi connectivity index (χ2n) is 5.91. The summed E-state index contributed by atoms with van der Waals surface area (Å²) < 4.78 is 27.2. The van der Waals surface area contributed by atoms with Gasteiger partial charge in [0.05, 0.1) is 22.3 Å². The molecule has 2 amide bonds. The van der Waals surface area contributed by atoms with Gasteiger partial charge in [-0.15, -0.1) is 0 Å². The van der Waals surface area contributed by atoms with Gasteiger partial charge in [-0.2, -0.15) is 0 Å². The molecule has 150 valence electrons. The smallest absolute Gasteiger partial charge is 0.238 e. The van der Waals surface area contributed by atoms with Crippen LogP contribution in [0.5, 0.6) is 0 Å². The third kappa shape index (κ3) is 6.15. The highest BCUT2D eigenvalue weighted by Crippen LogP contribution is 2.29. The number of amides is 2. The van der Waals surface area contributed by atoms with Gasteiger partial charge in [-0.05, 0) is 30.8 Å². The fourth-order valence-corrected chi connectivity index (χ4v) is 2.92. The summed E-state index contributed by atoms with van der Waals surface area (Å²) in [4.78, 5) is 25.9. The molecule has 0 aliphatic rings. The van der Waals surface area contributed by atoms with Gasteiger partial charge in [-0.1, -0.05) is 42.3 Å². The van der Waals surface area contributed by atoms with E-state index in [4.69, 9.17) is 23.2 Å². The quantitative estimate of drug-likeness (QED) is 0.646. The first kappa shape index (κ1) is 22.1. The Bertz CT molecular complexity index is 825. The van der Waals surface area contributed by atoms with Crippen molar-refractivity contribution in [3.8, 4) is 0 Å². The van der Waals surface area contributed by atoms with Crippen LogP contribution in [-0.2, 0) is 9.59 Å². The molecule has 0 atom stereocenters. The molecule has 0 aliphatic heterocycles. The average Bonchev–Trinajstić information content (AvgIpc) is 2.65. The first-order valence-corrected chi connectivity index (χ1v) is 9.27. The molecule has 2 aromatic carbocycles. The van der Waals surface area contributed by atoms with E-state index in [0.29, 0.717) is 22.3 Å². The van der Waals surface area contributed by atoms with Crippen molar-refractivity contribution in [1.29, 1.82) is 0 Å². The number of carbonyl (C=O) groups excluding carboxylic acids is 2. The number of hydrogen-bond donors (Lipinski definition) is 2. The van der Waals surface area contributed by atoms with Crippen molar-refractivity contribution in [2.45, 2.75) is 13.3 Å². The van der Waals surface area contributed by atoms with Crippen molar-refractivity contribution in [2.75, 3.05) is 30.3 Å². The summed E-state index contributed by atoms with van der Waals surface area (Å²) in [7, 11) is 0. The fraction of sp³-hybridized carbons (Fsp3) is 0.263. The summed E-state index contributed by atoms with van der Waals surface area (Å²) in [6.45, 7) is 2.41. The van der Waals surface area contributed by atoms with Gasteiger partial charge in [0, 0.05) is 13.0 Å². The van der Waals surface area contributed by atoms with E-state index in [1.54, 1.807) is 30.0 Å². The summed E-state index contributed by atoms with van der Waals surface area (Å²) in [6.07, 6.45) is 0.0801. The lowest BCUT2D eigenvalue weighted by Gasteiger charge is -2.20. The fourth-order valence-electron chi connectivity index (χ4n) is 2.43. The van der Waals surface area contributed by atoms with Gasteiger partial charge in [0.25, 0.3) is 0 Å². The minimum absolute atomic E-state index is 0.0801. The summed E-state index contributed by atoms with van der Waals surface area (Å²) in [6, 6.07) is 8.20. The first-order valence-electron chi connectivity index (χ1n) is 8.52. The first-order chi connectivity index (χ1) is 13.3. The van der Waals surface area contributed by atoms with Gasteiger partial charge >= 0.3 is 0 Å². The number of likely N-dealkylation sites (N-methyl/N-ethyl adjacent to an activating group) is 1. The highest BCUT2D eigenvalue weighted by atomic mass is 35.5. The van der Waals surface area contributed by atoms with Gasteiger partial charge in [-0.3, -0.25) is 14.5 Å². The SMILES string of the molecule is CCN(CCC(=O)Nc1c(Cl)cccc1Cl)CC(=O)Nc1c(F)cccc1F. The normalized spacial score (nSPS) is 10.8. The van der Waals surface area contributed by atoms with E-state index in [-0.39, 0.29) is 25.4 Å². The van der Waals surface area contributed by atoms with Crippen LogP contribution in [0.25, 0.3) is 0 Å². The maximum Gasteiger partial charge on any atom is 0.238 e. The number of para-hydroxylation sites is 2. The van der Waals surface area contributed by atoms with Crippen molar-refractivity contribution >= 4 is 46.4 Å². The molecule has 0 saturated carbocycles. The molecule has 2 N–H and O–H groups in total. The Balaban J connectivity index is 1.88. The number of benzene rings is 2. The van der Waals surface area contributed by atoms with Crippen LogP contribution in [0.15, 0.2) is 36.4 Å².